The van der Waals surface area contributed by atoms with Crippen LogP contribution in [0.3, 0.4) is 0 Å². The molecule has 1 aromatic rings. The summed E-state index contributed by atoms with van der Waals surface area (Å²) in [5, 5.41) is 7.17. The summed E-state index contributed by atoms with van der Waals surface area (Å²) in [6.45, 7) is 5.90. The van der Waals surface area contributed by atoms with Gasteiger partial charge in [-0.25, -0.2) is 0 Å². The lowest BCUT2D eigenvalue weighted by Crippen LogP contribution is -2.41. The highest BCUT2D eigenvalue weighted by molar-refractivity contribution is 5.81. The first-order chi connectivity index (χ1) is 7.95. The number of nitrogens with zero attached hydrogens (tertiary/aromatic N) is 2. The molecule has 1 heterocycles. The summed E-state index contributed by atoms with van der Waals surface area (Å²) >= 11 is 0. The molecule has 0 aliphatic carbocycles. The zero-order chi connectivity index (χ0) is 13.0. The monoisotopic (exact) mass is 238 g/mol. The summed E-state index contributed by atoms with van der Waals surface area (Å²) in [5.74, 6) is -0.0948. The van der Waals surface area contributed by atoms with Gasteiger partial charge in [-0.2, -0.15) is 5.10 Å². The van der Waals surface area contributed by atoms with Crippen molar-refractivity contribution in [3.05, 3.63) is 17.5 Å². The van der Waals surface area contributed by atoms with Crippen LogP contribution in [-0.2, 0) is 11.8 Å². The first kappa shape index (κ1) is 13.7. The predicted molar refractivity (Wildman–Crippen MR) is 67.4 cm³/mol. The molecule has 5 nitrogen and oxygen atoms in total. The van der Waals surface area contributed by atoms with Gasteiger partial charge in [-0.3, -0.25) is 9.48 Å². The molecule has 0 saturated heterocycles. The van der Waals surface area contributed by atoms with Crippen LogP contribution in [0.25, 0.3) is 0 Å². The summed E-state index contributed by atoms with van der Waals surface area (Å²) in [7, 11) is 1.87. The van der Waals surface area contributed by atoms with Gasteiger partial charge >= 0.3 is 0 Å². The van der Waals surface area contributed by atoms with Gasteiger partial charge in [-0.05, 0) is 20.3 Å². The van der Waals surface area contributed by atoms with E-state index in [4.69, 9.17) is 5.73 Å². The van der Waals surface area contributed by atoms with E-state index >= 15 is 0 Å². The van der Waals surface area contributed by atoms with Gasteiger partial charge in [0, 0.05) is 18.8 Å². The van der Waals surface area contributed by atoms with Crippen LogP contribution < -0.4 is 11.1 Å². The molecule has 17 heavy (non-hydrogen) atoms. The van der Waals surface area contributed by atoms with E-state index in [1.165, 1.54) is 0 Å². The van der Waals surface area contributed by atoms with Crippen LogP contribution in [0.1, 0.15) is 44.0 Å². The van der Waals surface area contributed by atoms with Gasteiger partial charge in [0.2, 0.25) is 5.91 Å². The lowest BCUT2D eigenvalue weighted by molar-refractivity contribution is -0.123. The smallest absolute Gasteiger partial charge is 0.237 e. The molecule has 96 valence electrons. The third kappa shape index (κ3) is 3.56. The van der Waals surface area contributed by atoms with Crippen molar-refractivity contribution in [2.75, 3.05) is 0 Å². The van der Waals surface area contributed by atoms with Crippen molar-refractivity contribution in [2.24, 2.45) is 12.8 Å². The Bertz CT molecular complexity index is 386. The standard InChI is InChI=1S/C12H22N4O/c1-5-6-11(13)12(17)14-8(2)10-7-16(4)15-9(10)3/h7-8,11H,5-6,13H2,1-4H3,(H,14,17). The molecule has 2 unspecified atom stereocenters. The first-order valence-electron chi connectivity index (χ1n) is 6.01. The quantitative estimate of drug-likeness (QED) is 0.804. The van der Waals surface area contributed by atoms with Gasteiger partial charge < -0.3 is 11.1 Å². The third-order valence-electron chi connectivity index (χ3n) is 2.81. The Morgan fingerprint density at radius 1 is 1.65 bits per heavy atom. The van der Waals surface area contributed by atoms with Crippen LogP contribution >= 0.6 is 0 Å². The molecule has 1 aromatic heterocycles. The predicted octanol–water partition coefficient (Wildman–Crippen LogP) is 1.03. The normalized spacial score (nSPS) is 14.4. The first-order valence-corrected chi connectivity index (χ1v) is 6.01. The average Bonchev–Trinajstić information content (AvgIpc) is 2.58. The van der Waals surface area contributed by atoms with Gasteiger partial charge in [0.15, 0.2) is 0 Å². The summed E-state index contributed by atoms with van der Waals surface area (Å²) in [4.78, 5) is 11.8. The number of aryl methyl sites for hydroxylation is 2. The Morgan fingerprint density at radius 3 is 2.76 bits per heavy atom. The summed E-state index contributed by atoms with van der Waals surface area (Å²) in [6.07, 6.45) is 3.55. The fourth-order valence-electron chi connectivity index (χ4n) is 1.88. The number of nitrogens with two attached hydrogens (primary N) is 1. The molecule has 0 fully saturated rings. The highest BCUT2D eigenvalue weighted by Gasteiger charge is 2.18. The summed E-state index contributed by atoms with van der Waals surface area (Å²) in [6, 6.07) is -0.474. The van der Waals surface area contributed by atoms with Gasteiger partial charge in [-0.15, -0.1) is 0 Å². The number of aromatic nitrogens is 2. The maximum atomic E-state index is 11.8. The van der Waals surface area contributed by atoms with Gasteiger partial charge in [0.1, 0.15) is 0 Å². The van der Waals surface area contributed by atoms with E-state index in [0.29, 0.717) is 6.42 Å². The van der Waals surface area contributed by atoms with E-state index in [9.17, 15) is 4.79 Å². The largest absolute Gasteiger partial charge is 0.348 e. The van der Waals surface area contributed by atoms with E-state index in [0.717, 1.165) is 17.7 Å². The number of amides is 1. The van der Waals surface area contributed by atoms with Crippen molar-refractivity contribution in [1.29, 1.82) is 0 Å². The molecular weight excluding hydrogens is 216 g/mol. The minimum Gasteiger partial charge on any atom is -0.348 e. The minimum absolute atomic E-state index is 0.0564. The maximum Gasteiger partial charge on any atom is 0.237 e. The number of hydrogen-bond donors (Lipinski definition) is 2. The molecule has 0 aliphatic rings. The number of carbonyl (C=O) groups excluding carboxylic acids is 1. The Hall–Kier alpha value is -1.36. The summed E-state index contributed by atoms with van der Waals surface area (Å²) < 4.78 is 1.75. The van der Waals surface area contributed by atoms with Crippen molar-refractivity contribution >= 4 is 5.91 Å². The highest BCUT2D eigenvalue weighted by atomic mass is 16.2. The molecule has 5 heteroatoms. The second kappa shape index (κ2) is 5.82. The average molecular weight is 238 g/mol. The molecule has 0 spiro atoms. The number of nitrogens with one attached hydrogen (secondary N) is 1. The highest BCUT2D eigenvalue weighted by Crippen LogP contribution is 2.15. The minimum atomic E-state index is -0.417. The van der Waals surface area contributed by atoms with Gasteiger partial charge in [0.25, 0.3) is 0 Å². The Kier molecular flexibility index (Phi) is 4.69. The van der Waals surface area contributed by atoms with Crippen molar-refractivity contribution < 1.29 is 4.79 Å². The van der Waals surface area contributed by atoms with Crippen LogP contribution in [-0.4, -0.2) is 21.7 Å². The number of hydrogen-bond acceptors (Lipinski definition) is 3. The number of rotatable bonds is 5. The summed E-state index contributed by atoms with van der Waals surface area (Å²) in [5.41, 5.74) is 7.73. The van der Waals surface area contributed by atoms with Crippen molar-refractivity contribution in [3.8, 4) is 0 Å². The maximum absolute atomic E-state index is 11.8. The molecule has 0 radical (unpaired) electrons. The molecule has 3 N–H and O–H groups in total. The van der Waals surface area contributed by atoms with Crippen LogP contribution in [0.5, 0.6) is 0 Å². The molecule has 0 aliphatic heterocycles. The molecule has 2 atom stereocenters. The van der Waals surface area contributed by atoms with Gasteiger partial charge in [0.05, 0.1) is 17.8 Å². The van der Waals surface area contributed by atoms with Gasteiger partial charge in [-0.1, -0.05) is 13.3 Å². The Morgan fingerprint density at radius 2 is 2.29 bits per heavy atom. The van der Waals surface area contributed by atoms with Crippen LogP contribution in [0.4, 0.5) is 0 Å². The van der Waals surface area contributed by atoms with E-state index in [1.54, 1.807) is 4.68 Å². The topological polar surface area (TPSA) is 72.9 Å². The zero-order valence-electron chi connectivity index (χ0n) is 11.0. The molecule has 0 saturated carbocycles. The molecule has 0 bridgehead atoms. The molecule has 0 aromatic carbocycles. The van der Waals surface area contributed by atoms with Crippen molar-refractivity contribution in [2.45, 2.75) is 45.7 Å². The Labute approximate surface area is 102 Å². The fourth-order valence-corrected chi connectivity index (χ4v) is 1.88. The van der Waals surface area contributed by atoms with Crippen molar-refractivity contribution in [1.82, 2.24) is 15.1 Å². The zero-order valence-corrected chi connectivity index (χ0v) is 11.0. The van der Waals surface area contributed by atoms with Crippen LogP contribution in [0, 0.1) is 6.92 Å². The molecule has 1 rings (SSSR count). The van der Waals surface area contributed by atoms with Crippen LogP contribution in [0.2, 0.25) is 0 Å². The fraction of sp³-hybridized carbons (Fsp3) is 0.667. The molecule has 1 amide bonds. The van der Waals surface area contributed by atoms with E-state index in [-0.39, 0.29) is 11.9 Å². The van der Waals surface area contributed by atoms with Crippen LogP contribution in [0.15, 0.2) is 6.20 Å². The van der Waals surface area contributed by atoms with E-state index in [2.05, 4.69) is 10.4 Å². The SMILES string of the molecule is CCCC(N)C(=O)NC(C)c1cn(C)nc1C. The third-order valence-corrected chi connectivity index (χ3v) is 2.81. The Balaban J connectivity index is 2.63. The van der Waals surface area contributed by atoms with E-state index in [1.807, 2.05) is 34.0 Å². The lowest BCUT2D eigenvalue weighted by Gasteiger charge is -2.16. The van der Waals surface area contributed by atoms with E-state index < -0.39 is 6.04 Å². The number of carbonyl (C=O) groups is 1. The second-order valence-electron chi connectivity index (χ2n) is 4.47. The second-order valence-corrected chi connectivity index (χ2v) is 4.47. The molecular formula is C12H22N4O. The van der Waals surface area contributed by atoms with Crippen molar-refractivity contribution in [3.63, 3.8) is 0 Å². The lowest BCUT2D eigenvalue weighted by atomic mass is 10.1.